The normalized spacial score (nSPS) is 14.1. The van der Waals surface area contributed by atoms with Crippen LogP contribution in [0.1, 0.15) is 92.4 Å². The van der Waals surface area contributed by atoms with Crippen LogP contribution in [-0.2, 0) is 9.47 Å². The number of esters is 2. The van der Waals surface area contributed by atoms with Gasteiger partial charge in [0.25, 0.3) is 0 Å². The molecule has 0 heterocycles. The van der Waals surface area contributed by atoms with E-state index in [9.17, 15) is 19.5 Å². The Morgan fingerprint density at radius 1 is 0.548 bits per heavy atom. The molecule has 0 saturated carbocycles. The third-order valence-corrected chi connectivity index (χ3v) is 8.11. The smallest absolute Gasteiger partial charge is 0.338 e. The Morgan fingerprint density at radius 2 is 1.05 bits per heavy atom. The van der Waals surface area contributed by atoms with E-state index in [0.717, 1.165) is 66.3 Å². The number of carbonyl (C=O) groups excluding carboxylic acids is 3. The Hall–Kier alpha value is -4.55. The van der Waals surface area contributed by atoms with Gasteiger partial charge in [-0.2, -0.15) is 0 Å². The van der Waals surface area contributed by atoms with E-state index in [1.165, 1.54) is 0 Å². The van der Waals surface area contributed by atoms with Gasteiger partial charge in [-0.05, 0) is 47.2 Å². The molecule has 0 spiro atoms. The highest BCUT2D eigenvalue weighted by Crippen LogP contribution is 2.45. The zero-order valence-corrected chi connectivity index (χ0v) is 23.3. The number of ketones is 1. The molecule has 0 saturated heterocycles. The number of benzene rings is 4. The third kappa shape index (κ3) is 5.14. The molecule has 1 atom stereocenters. The molecule has 0 aromatic heterocycles. The highest BCUT2D eigenvalue weighted by molar-refractivity contribution is 6.24. The number of fused-ring (bicyclic) bond motifs is 6. The van der Waals surface area contributed by atoms with Crippen LogP contribution in [0.25, 0.3) is 22.3 Å². The van der Waals surface area contributed by atoms with Crippen LogP contribution in [0.5, 0.6) is 0 Å². The number of unbranched alkanes of at least 4 members (excludes halogenated alkanes) is 5. The number of ether oxygens (including phenoxy) is 2. The standard InChI is InChI=1S/C36H32O6/c37-33-25-15-7-5-13-23(25)31-27(33)17-11-19-29(31)35(39)41-21-9-3-1-2-4-10-22-42-36(40)30-20-12-18-28-32(30)24-14-6-8-16-26(24)34(28)38/h5-8,11-20,33,37H,1-4,9-10,21-22H2. The minimum Gasteiger partial charge on any atom is -0.462 e. The fourth-order valence-electron chi connectivity index (χ4n) is 6.04. The minimum absolute atomic E-state index is 0.0563. The van der Waals surface area contributed by atoms with Gasteiger partial charge >= 0.3 is 11.9 Å². The molecule has 1 N–H and O–H groups in total. The van der Waals surface area contributed by atoms with Crippen molar-refractivity contribution < 1.29 is 29.0 Å². The zero-order valence-electron chi connectivity index (χ0n) is 23.3. The fraction of sp³-hybridized carbons (Fsp3) is 0.250. The SMILES string of the molecule is O=C(OCCCCCCCCOC(=O)c1cccc2c1-c1ccccc1C2O)c1cccc2c1-c1ccccc1C2=O. The first-order valence-electron chi connectivity index (χ1n) is 14.6. The number of rotatable bonds is 11. The molecule has 4 aromatic carbocycles. The maximum atomic E-state index is 12.9. The Kier molecular flexibility index (Phi) is 7.97. The highest BCUT2D eigenvalue weighted by atomic mass is 16.5. The van der Waals surface area contributed by atoms with Gasteiger partial charge in [0.2, 0.25) is 0 Å². The van der Waals surface area contributed by atoms with Crippen molar-refractivity contribution in [2.75, 3.05) is 13.2 Å². The minimum atomic E-state index is -0.727. The predicted molar refractivity (Wildman–Crippen MR) is 160 cm³/mol. The van der Waals surface area contributed by atoms with E-state index < -0.39 is 12.1 Å². The largest absolute Gasteiger partial charge is 0.462 e. The van der Waals surface area contributed by atoms with E-state index in [4.69, 9.17) is 9.47 Å². The number of hydrogen-bond donors (Lipinski definition) is 1. The van der Waals surface area contributed by atoms with Crippen molar-refractivity contribution >= 4 is 17.7 Å². The topological polar surface area (TPSA) is 89.9 Å². The summed E-state index contributed by atoms with van der Waals surface area (Å²) < 4.78 is 11.1. The molecule has 42 heavy (non-hydrogen) atoms. The molecule has 4 aromatic rings. The Bertz CT molecular complexity index is 1670. The highest BCUT2D eigenvalue weighted by Gasteiger charge is 2.32. The molecule has 6 rings (SSSR count). The van der Waals surface area contributed by atoms with E-state index in [0.29, 0.717) is 41.0 Å². The van der Waals surface area contributed by atoms with Gasteiger partial charge in [0.05, 0.1) is 24.3 Å². The van der Waals surface area contributed by atoms with Crippen molar-refractivity contribution in [2.24, 2.45) is 0 Å². The number of carbonyl (C=O) groups is 3. The number of aliphatic hydroxyl groups excluding tert-OH is 1. The fourth-order valence-corrected chi connectivity index (χ4v) is 6.04. The molecular weight excluding hydrogens is 528 g/mol. The third-order valence-electron chi connectivity index (χ3n) is 8.11. The molecule has 0 fully saturated rings. The first-order chi connectivity index (χ1) is 20.6. The summed E-state index contributed by atoms with van der Waals surface area (Å²) in [7, 11) is 0. The maximum absolute atomic E-state index is 12.9. The maximum Gasteiger partial charge on any atom is 0.338 e. The van der Waals surface area contributed by atoms with Crippen molar-refractivity contribution in [3.63, 3.8) is 0 Å². The average Bonchev–Trinajstić information content (AvgIpc) is 3.49. The monoisotopic (exact) mass is 560 g/mol. The van der Waals surface area contributed by atoms with Gasteiger partial charge in [0.15, 0.2) is 5.78 Å². The first kappa shape index (κ1) is 27.6. The van der Waals surface area contributed by atoms with Crippen LogP contribution in [0, 0.1) is 0 Å². The summed E-state index contributed by atoms with van der Waals surface area (Å²) in [4.78, 5) is 38.4. The molecule has 1 unspecified atom stereocenters. The van der Waals surface area contributed by atoms with Gasteiger partial charge in [-0.25, -0.2) is 9.59 Å². The predicted octanol–water partition coefficient (Wildman–Crippen LogP) is 7.31. The second-order valence-corrected chi connectivity index (χ2v) is 10.8. The van der Waals surface area contributed by atoms with Crippen molar-refractivity contribution in [1.29, 1.82) is 0 Å². The molecule has 0 bridgehead atoms. The van der Waals surface area contributed by atoms with Crippen LogP contribution in [0.2, 0.25) is 0 Å². The zero-order chi connectivity index (χ0) is 29.1. The molecule has 2 aliphatic carbocycles. The van der Waals surface area contributed by atoms with Gasteiger partial charge in [-0.1, -0.05) is 98.5 Å². The molecular formula is C36H32O6. The van der Waals surface area contributed by atoms with Crippen molar-refractivity contribution in [1.82, 2.24) is 0 Å². The van der Waals surface area contributed by atoms with Gasteiger partial charge in [-0.15, -0.1) is 0 Å². The number of aliphatic hydroxyl groups is 1. The molecule has 2 aliphatic rings. The Morgan fingerprint density at radius 3 is 1.74 bits per heavy atom. The van der Waals surface area contributed by atoms with Crippen LogP contribution >= 0.6 is 0 Å². The van der Waals surface area contributed by atoms with Crippen LogP contribution in [0.4, 0.5) is 0 Å². The van der Waals surface area contributed by atoms with Crippen molar-refractivity contribution in [3.8, 4) is 22.3 Å². The lowest BCUT2D eigenvalue weighted by Gasteiger charge is -2.10. The van der Waals surface area contributed by atoms with E-state index in [-0.39, 0.29) is 11.8 Å². The second-order valence-electron chi connectivity index (χ2n) is 10.8. The Labute approximate surface area is 244 Å². The summed E-state index contributed by atoms with van der Waals surface area (Å²) in [5.41, 5.74) is 6.74. The summed E-state index contributed by atoms with van der Waals surface area (Å²) >= 11 is 0. The van der Waals surface area contributed by atoms with Crippen LogP contribution < -0.4 is 0 Å². The van der Waals surface area contributed by atoms with Gasteiger partial charge in [0.1, 0.15) is 6.10 Å². The summed E-state index contributed by atoms with van der Waals surface area (Å²) in [5, 5.41) is 10.7. The Balaban J connectivity index is 0.900. The van der Waals surface area contributed by atoms with E-state index in [1.807, 2.05) is 48.5 Å². The molecule has 212 valence electrons. The molecule has 6 nitrogen and oxygen atoms in total. The van der Waals surface area contributed by atoms with Gasteiger partial charge in [0, 0.05) is 22.3 Å². The molecule has 6 heteroatoms. The number of hydrogen-bond acceptors (Lipinski definition) is 6. The molecule has 0 amide bonds. The van der Waals surface area contributed by atoms with Gasteiger partial charge < -0.3 is 14.6 Å². The van der Waals surface area contributed by atoms with Crippen molar-refractivity contribution in [2.45, 2.75) is 44.6 Å². The summed E-state index contributed by atoms with van der Waals surface area (Å²) in [6.07, 6.45) is 4.66. The second kappa shape index (κ2) is 12.1. The summed E-state index contributed by atoms with van der Waals surface area (Å²) in [6.45, 7) is 0.673. The lowest BCUT2D eigenvalue weighted by atomic mass is 9.99. The van der Waals surface area contributed by atoms with Crippen LogP contribution in [-0.4, -0.2) is 36.0 Å². The van der Waals surface area contributed by atoms with E-state index in [1.54, 1.807) is 36.4 Å². The lowest BCUT2D eigenvalue weighted by molar-refractivity contribution is 0.0485. The quantitative estimate of drug-likeness (QED) is 0.135. The first-order valence-corrected chi connectivity index (χ1v) is 14.6. The molecule has 0 radical (unpaired) electrons. The van der Waals surface area contributed by atoms with Crippen molar-refractivity contribution in [3.05, 3.63) is 118 Å². The van der Waals surface area contributed by atoms with Crippen LogP contribution in [0.3, 0.4) is 0 Å². The molecule has 0 aliphatic heterocycles. The lowest BCUT2D eigenvalue weighted by Crippen LogP contribution is -2.09. The summed E-state index contributed by atoms with van der Waals surface area (Å²) in [6, 6.07) is 25.6. The van der Waals surface area contributed by atoms with E-state index >= 15 is 0 Å². The summed E-state index contributed by atoms with van der Waals surface area (Å²) in [5.74, 6) is -0.825. The van der Waals surface area contributed by atoms with Crippen LogP contribution in [0.15, 0.2) is 84.9 Å². The van der Waals surface area contributed by atoms with E-state index in [2.05, 4.69) is 0 Å². The average molecular weight is 561 g/mol. The van der Waals surface area contributed by atoms with Gasteiger partial charge in [-0.3, -0.25) is 4.79 Å².